The first-order valence-electron chi connectivity index (χ1n) is 7.50. The minimum absolute atomic E-state index is 0.363. The van der Waals surface area contributed by atoms with Crippen molar-refractivity contribution in [2.45, 2.75) is 45.6 Å². The summed E-state index contributed by atoms with van der Waals surface area (Å²) in [4.78, 5) is 4.71. The Bertz CT molecular complexity index is 259. The average molecular weight is 268 g/mol. The summed E-state index contributed by atoms with van der Waals surface area (Å²) in [6.07, 6.45) is 3.21. The molecule has 0 bridgehead atoms. The molecule has 19 heavy (non-hydrogen) atoms. The van der Waals surface area contributed by atoms with Gasteiger partial charge < -0.3 is 9.80 Å². The van der Waals surface area contributed by atoms with Gasteiger partial charge in [-0.2, -0.15) is 5.26 Å². The van der Waals surface area contributed by atoms with E-state index in [4.69, 9.17) is 0 Å². The van der Waals surface area contributed by atoms with E-state index in [9.17, 15) is 5.26 Å². The van der Waals surface area contributed by atoms with Crippen molar-refractivity contribution in [2.24, 2.45) is 0 Å². The fourth-order valence-electron chi connectivity index (χ4n) is 2.27. The lowest BCUT2D eigenvalue weighted by molar-refractivity contribution is 0.253. The van der Waals surface area contributed by atoms with Crippen LogP contribution in [0.1, 0.15) is 40.0 Å². The van der Waals surface area contributed by atoms with Gasteiger partial charge in [0.15, 0.2) is 0 Å². The molecule has 0 aliphatic carbocycles. The van der Waals surface area contributed by atoms with Crippen LogP contribution in [0.2, 0.25) is 0 Å². The molecule has 0 saturated heterocycles. The lowest BCUT2D eigenvalue weighted by Gasteiger charge is -2.25. The van der Waals surface area contributed by atoms with Crippen LogP contribution in [0, 0.1) is 11.3 Å². The van der Waals surface area contributed by atoms with Crippen LogP contribution in [0.3, 0.4) is 0 Å². The quantitative estimate of drug-likeness (QED) is 0.622. The number of hydrogen-bond acceptors (Lipinski definition) is 4. The Morgan fingerprint density at radius 2 is 1.74 bits per heavy atom. The van der Waals surface area contributed by atoms with E-state index >= 15 is 0 Å². The van der Waals surface area contributed by atoms with Crippen LogP contribution < -0.4 is 5.32 Å². The van der Waals surface area contributed by atoms with E-state index in [2.05, 4.69) is 49.1 Å². The summed E-state index contributed by atoms with van der Waals surface area (Å²) in [5.41, 5.74) is -0.363. The van der Waals surface area contributed by atoms with Crippen LogP contribution in [0.4, 0.5) is 0 Å². The summed E-state index contributed by atoms with van der Waals surface area (Å²) in [6.45, 7) is 11.6. The molecule has 0 saturated carbocycles. The number of nitriles is 1. The Balaban J connectivity index is 3.91. The molecular formula is C15H32N4. The van der Waals surface area contributed by atoms with Gasteiger partial charge in [0.1, 0.15) is 5.54 Å². The van der Waals surface area contributed by atoms with E-state index in [1.165, 1.54) is 6.42 Å². The van der Waals surface area contributed by atoms with Crippen LogP contribution in [0.5, 0.6) is 0 Å². The predicted octanol–water partition coefficient (Wildman–Crippen LogP) is 1.93. The molecule has 4 nitrogen and oxygen atoms in total. The van der Waals surface area contributed by atoms with Crippen LogP contribution in [0.15, 0.2) is 0 Å². The van der Waals surface area contributed by atoms with E-state index < -0.39 is 0 Å². The summed E-state index contributed by atoms with van der Waals surface area (Å²) in [5, 5.41) is 12.5. The van der Waals surface area contributed by atoms with Crippen molar-refractivity contribution in [1.82, 2.24) is 15.1 Å². The molecule has 0 amide bonds. The summed E-state index contributed by atoms with van der Waals surface area (Å²) >= 11 is 0. The Labute approximate surface area is 119 Å². The van der Waals surface area contributed by atoms with Crippen LogP contribution >= 0.6 is 0 Å². The van der Waals surface area contributed by atoms with Gasteiger partial charge in [0.05, 0.1) is 6.07 Å². The van der Waals surface area contributed by atoms with Crippen molar-refractivity contribution in [3.05, 3.63) is 0 Å². The molecular weight excluding hydrogens is 236 g/mol. The maximum atomic E-state index is 9.21. The van der Waals surface area contributed by atoms with Gasteiger partial charge in [0, 0.05) is 0 Å². The van der Waals surface area contributed by atoms with Crippen molar-refractivity contribution in [3.63, 3.8) is 0 Å². The SMILES string of the molecule is CCNC(C)(C#N)CCCN(CC)CCCN(C)C. The predicted molar refractivity (Wildman–Crippen MR) is 82.2 cm³/mol. The van der Waals surface area contributed by atoms with Gasteiger partial charge in [0.25, 0.3) is 0 Å². The van der Waals surface area contributed by atoms with Gasteiger partial charge in [-0.25, -0.2) is 0 Å². The summed E-state index contributed by atoms with van der Waals surface area (Å²) in [7, 11) is 4.23. The first-order valence-corrected chi connectivity index (χ1v) is 7.50. The smallest absolute Gasteiger partial charge is 0.103 e. The molecule has 0 heterocycles. The maximum Gasteiger partial charge on any atom is 0.103 e. The fourth-order valence-corrected chi connectivity index (χ4v) is 2.27. The molecule has 1 N–H and O–H groups in total. The first-order chi connectivity index (χ1) is 8.97. The summed E-state index contributed by atoms with van der Waals surface area (Å²) in [6, 6.07) is 2.39. The summed E-state index contributed by atoms with van der Waals surface area (Å²) < 4.78 is 0. The van der Waals surface area contributed by atoms with E-state index in [0.717, 1.165) is 45.6 Å². The third kappa shape index (κ3) is 8.99. The van der Waals surface area contributed by atoms with Gasteiger partial charge in [-0.1, -0.05) is 13.8 Å². The molecule has 0 rings (SSSR count). The average Bonchev–Trinajstić information content (AvgIpc) is 2.37. The molecule has 0 spiro atoms. The number of rotatable bonds is 11. The highest BCUT2D eigenvalue weighted by Crippen LogP contribution is 2.11. The number of nitrogens with one attached hydrogen (secondary N) is 1. The molecule has 0 radical (unpaired) electrons. The van der Waals surface area contributed by atoms with Gasteiger partial charge in [-0.05, 0) is 73.0 Å². The zero-order valence-electron chi connectivity index (χ0n) is 13.5. The Kier molecular flexibility index (Phi) is 9.85. The second-order valence-electron chi connectivity index (χ2n) is 5.67. The highest BCUT2D eigenvalue weighted by atomic mass is 15.1. The lowest BCUT2D eigenvalue weighted by atomic mass is 9.97. The fraction of sp³-hybridized carbons (Fsp3) is 0.933. The Morgan fingerprint density at radius 1 is 1.11 bits per heavy atom. The molecule has 4 heteroatoms. The third-order valence-corrected chi connectivity index (χ3v) is 3.49. The van der Waals surface area contributed by atoms with Gasteiger partial charge in [0.2, 0.25) is 0 Å². The topological polar surface area (TPSA) is 42.3 Å². The largest absolute Gasteiger partial charge is 0.309 e. The zero-order valence-corrected chi connectivity index (χ0v) is 13.5. The zero-order chi connectivity index (χ0) is 14.7. The van der Waals surface area contributed by atoms with Crippen molar-refractivity contribution >= 4 is 0 Å². The molecule has 0 fully saturated rings. The first kappa shape index (κ1) is 18.4. The maximum absolute atomic E-state index is 9.21. The van der Waals surface area contributed by atoms with Gasteiger partial charge in [-0.3, -0.25) is 5.32 Å². The third-order valence-electron chi connectivity index (χ3n) is 3.49. The molecule has 1 atom stereocenters. The minimum Gasteiger partial charge on any atom is -0.309 e. The van der Waals surface area contributed by atoms with Crippen LogP contribution in [-0.4, -0.2) is 62.2 Å². The van der Waals surface area contributed by atoms with E-state index in [0.29, 0.717) is 0 Å². The van der Waals surface area contributed by atoms with Crippen molar-refractivity contribution < 1.29 is 0 Å². The molecule has 0 aliphatic rings. The van der Waals surface area contributed by atoms with E-state index in [1.54, 1.807) is 0 Å². The van der Waals surface area contributed by atoms with E-state index in [-0.39, 0.29) is 5.54 Å². The van der Waals surface area contributed by atoms with Crippen molar-refractivity contribution in [3.8, 4) is 6.07 Å². The monoisotopic (exact) mass is 268 g/mol. The van der Waals surface area contributed by atoms with Crippen molar-refractivity contribution in [2.75, 3.05) is 46.8 Å². The molecule has 0 aliphatic heterocycles. The van der Waals surface area contributed by atoms with Crippen LogP contribution in [-0.2, 0) is 0 Å². The lowest BCUT2D eigenvalue weighted by Crippen LogP contribution is -2.41. The highest BCUT2D eigenvalue weighted by molar-refractivity contribution is 5.03. The van der Waals surface area contributed by atoms with Crippen molar-refractivity contribution in [1.29, 1.82) is 5.26 Å². The molecule has 112 valence electrons. The summed E-state index contributed by atoms with van der Waals surface area (Å²) in [5.74, 6) is 0. The standard InChI is InChI=1S/C15H32N4/c1-6-17-15(3,14-16)10-8-12-19(7-2)13-9-11-18(4)5/h17H,6-13H2,1-5H3. The van der Waals surface area contributed by atoms with Crippen LogP contribution in [0.25, 0.3) is 0 Å². The number of hydrogen-bond donors (Lipinski definition) is 1. The molecule has 0 aromatic heterocycles. The molecule has 0 aromatic rings. The second-order valence-corrected chi connectivity index (χ2v) is 5.67. The Morgan fingerprint density at radius 3 is 2.21 bits per heavy atom. The van der Waals surface area contributed by atoms with E-state index in [1.807, 2.05) is 6.92 Å². The molecule has 1 unspecified atom stereocenters. The number of nitrogens with zero attached hydrogens (tertiary/aromatic N) is 3. The Hall–Kier alpha value is -0.630. The highest BCUT2D eigenvalue weighted by Gasteiger charge is 2.21. The van der Waals surface area contributed by atoms with Gasteiger partial charge >= 0.3 is 0 Å². The minimum atomic E-state index is -0.363. The second kappa shape index (κ2) is 10.2. The normalized spacial score (nSPS) is 14.6. The van der Waals surface area contributed by atoms with Gasteiger partial charge in [-0.15, -0.1) is 0 Å². The molecule has 0 aromatic carbocycles.